The minimum absolute atomic E-state index is 0.0460. The molecule has 4 heteroatoms. The van der Waals surface area contributed by atoms with Crippen LogP contribution in [0.2, 0.25) is 0 Å². The van der Waals surface area contributed by atoms with Gasteiger partial charge in [0.15, 0.2) is 0 Å². The minimum atomic E-state index is -0.170. The van der Waals surface area contributed by atoms with Crippen molar-refractivity contribution in [3.8, 4) is 6.07 Å². The summed E-state index contributed by atoms with van der Waals surface area (Å²) in [6.07, 6.45) is 0.883. The minimum Gasteiger partial charge on any atom is -0.297 e. The molecule has 1 aromatic carbocycles. The highest BCUT2D eigenvalue weighted by atomic mass is 19.1. The zero-order valence-corrected chi connectivity index (χ0v) is 12.3. The van der Waals surface area contributed by atoms with Crippen LogP contribution >= 0.6 is 0 Å². The van der Waals surface area contributed by atoms with Crippen molar-refractivity contribution in [2.24, 2.45) is 0 Å². The van der Waals surface area contributed by atoms with Crippen molar-refractivity contribution in [3.63, 3.8) is 0 Å². The Bertz CT molecular complexity index is 487. The van der Waals surface area contributed by atoms with Gasteiger partial charge in [-0.2, -0.15) is 5.26 Å². The van der Waals surface area contributed by atoms with Crippen LogP contribution < -0.4 is 0 Å². The third-order valence-electron chi connectivity index (χ3n) is 4.08. The summed E-state index contributed by atoms with van der Waals surface area (Å²) in [5.74, 6) is -0.170. The van der Waals surface area contributed by atoms with Crippen molar-refractivity contribution in [1.82, 2.24) is 9.80 Å². The molecule has 0 bridgehead atoms. The lowest BCUT2D eigenvalue weighted by atomic mass is 10.1. The van der Waals surface area contributed by atoms with Gasteiger partial charge in [0.1, 0.15) is 5.82 Å². The third kappa shape index (κ3) is 3.56. The van der Waals surface area contributed by atoms with Gasteiger partial charge >= 0.3 is 0 Å². The van der Waals surface area contributed by atoms with Gasteiger partial charge in [0, 0.05) is 32.7 Å². The summed E-state index contributed by atoms with van der Waals surface area (Å²) in [4.78, 5) is 4.63. The molecule has 1 aliphatic heterocycles. The quantitative estimate of drug-likeness (QED) is 0.846. The number of rotatable bonds is 4. The number of halogens is 1. The van der Waals surface area contributed by atoms with Gasteiger partial charge in [-0.25, -0.2) is 4.39 Å². The number of nitrogens with zero attached hydrogens (tertiary/aromatic N) is 3. The number of piperazine rings is 1. The molecule has 1 aliphatic rings. The largest absolute Gasteiger partial charge is 0.297 e. The highest BCUT2D eigenvalue weighted by Crippen LogP contribution is 2.15. The highest BCUT2D eigenvalue weighted by molar-refractivity contribution is 5.26. The molecular formula is C16H22FN3. The van der Waals surface area contributed by atoms with Crippen LogP contribution in [-0.2, 0) is 6.54 Å². The van der Waals surface area contributed by atoms with Crippen molar-refractivity contribution in [1.29, 1.82) is 5.26 Å². The molecule has 20 heavy (non-hydrogen) atoms. The monoisotopic (exact) mass is 275 g/mol. The van der Waals surface area contributed by atoms with Crippen LogP contribution in [0.3, 0.4) is 0 Å². The van der Waals surface area contributed by atoms with E-state index >= 15 is 0 Å². The number of hydrogen-bond donors (Lipinski definition) is 0. The molecule has 1 saturated heterocycles. The van der Waals surface area contributed by atoms with Crippen LogP contribution in [0, 0.1) is 24.1 Å². The molecule has 0 aromatic heterocycles. The Hall–Kier alpha value is -1.44. The SMILES string of the molecule is CCC(C#N)N1CCN(Cc2ccc(F)cc2C)CC1. The fourth-order valence-corrected chi connectivity index (χ4v) is 2.74. The maximum Gasteiger partial charge on any atom is 0.123 e. The van der Waals surface area contributed by atoms with E-state index in [2.05, 4.69) is 22.8 Å². The fraction of sp³-hybridized carbons (Fsp3) is 0.562. The Morgan fingerprint density at radius 2 is 2.00 bits per heavy atom. The molecule has 108 valence electrons. The summed E-state index contributed by atoms with van der Waals surface area (Å²) < 4.78 is 13.1. The smallest absolute Gasteiger partial charge is 0.123 e. The molecule has 0 radical (unpaired) electrons. The Morgan fingerprint density at radius 1 is 1.30 bits per heavy atom. The fourth-order valence-electron chi connectivity index (χ4n) is 2.74. The van der Waals surface area contributed by atoms with E-state index in [-0.39, 0.29) is 11.9 Å². The summed E-state index contributed by atoms with van der Waals surface area (Å²) in [6, 6.07) is 7.41. The first-order valence-corrected chi connectivity index (χ1v) is 7.25. The van der Waals surface area contributed by atoms with Crippen LogP contribution in [0.1, 0.15) is 24.5 Å². The number of benzene rings is 1. The van der Waals surface area contributed by atoms with Crippen LogP contribution in [0.5, 0.6) is 0 Å². The zero-order valence-electron chi connectivity index (χ0n) is 12.3. The normalized spacial score (nSPS) is 18.7. The average Bonchev–Trinajstić information content (AvgIpc) is 2.45. The van der Waals surface area contributed by atoms with Crippen LogP contribution in [0.25, 0.3) is 0 Å². The van der Waals surface area contributed by atoms with E-state index in [9.17, 15) is 4.39 Å². The standard InChI is InChI=1S/C16H22FN3/c1-3-16(11-18)20-8-6-19(7-9-20)12-14-4-5-15(17)10-13(14)2/h4-5,10,16H,3,6-9,12H2,1-2H3. The van der Waals surface area contributed by atoms with E-state index in [0.717, 1.165) is 44.7 Å². The summed E-state index contributed by atoms with van der Waals surface area (Å²) in [7, 11) is 0. The number of hydrogen-bond acceptors (Lipinski definition) is 3. The van der Waals surface area contributed by atoms with Crippen molar-refractivity contribution in [3.05, 3.63) is 35.1 Å². The summed E-state index contributed by atoms with van der Waals surface area (Å²) >= 11 is 0. The second-order valence-electron chi connectivity index (χ2n) is 5.44. The van der Waals surface area contributed by atoms with Crippen LogP contribution in [0.15, 0.2) is 18.2 Å². The average molecular weight is 275 g/mol. The maximum absolute atomic E-state index is 13.1. The predicted octanol–water partition coefficient (Wildman–Crippen LogP) is 2.55. The van der Waals surface area contributed by atoms with Gasteiger partial charge in [0.25, 0.3) is 0 Å². The Kier molecular flexibility index (Phi) is 5.11. The first-order valence-electron chi connectivity index (χ1n) is 7.25. The molecule has 1 unspecified atom stereocenters. The van der Waals surface area contributed by atoms with Crippen LogP contribution in [0.4, 0.5) is 4.39 Å². The molecule has 2 rings (SSSR count). The Balaban J connectivity index is 1.90. The van der Waals surface area contributed by atoms with E-state index in [1.54, 1.807) is 6.07 Å². The van der Waals surface area contributed by atoms with E-state index < -0.39 is 0 Å². The molecule has 1 heterocycles. The van der Waals surface area contributed by atoms with Gasteiger partial charge in [-0.1, -0.05) is 13.0 Å². The predicted molar refractivity (Wildman–Crippen MR) is 77.7 cm³/mol. The molecule has 1 fully saturated rings. The summed E-state index contributed by atoms with van der Waals surface area (Å²) in [5, 5.41) is 9.10. The van der Waals surface area contributed by atoms with Crippen molar-refractivity contribution >= 4 is 0 Å². The first-order chi connectivity index (χ1) is 9.63. The third-order valence-corrected chi connectivity index (χ3v) is 4.08. The van der Waals surface area contributed by atoms with E-state index in [0.29, 0.717) is 0 Å². The Labute approximate surface area is 120 Å². The van der Waals surface area contributed by atoms with Crippen molar-refractivity contribution in [2.45, 2.75) is 32.9 Å². The van der Waals surface area contributed by atoms with E-state index in [4.69, 9.17) is 5.26 Å². The molecule has 0 amide bonds. The lowest BCUT2D eigenvalue weighted by molar-refractivity contribution is 0.108. The molecule has 3 nitrogen and oxygen atoms in total. The summed E-state index contributed by atoms with van der Waals surface area (Å²) in [5.41, 5.74) is 2.20. The number of nitriles is 1. The molecule has 0 aliphatic carbocycles. The zero-order chi connectivity index (χ0) is 14.5. The molecule has 1 atom stereocenters. The van der Waals surface area contributed by atoms with Gasteiger partial charge in [0.2, 0.25) is 0 Å². The maximum atomic E-state index is 13.1. The van der Waals surface area contributed by atoms with Crippen molar-refractivity contribution < 1.29 is 4.39 Å². The second kappa shape index (κ2) is 6.83. The Morgan fingerprint density at radius 3 is 2.55 bits per heavy atom. The molecule has 1 aromatic rings. The molecule has 0 N–H and O–H groups in total. The lowest BCUT2D eigenvalue weighted by Crippen LogP contribution is -2.49. The number of aryl methyl sites for hydroxylation is 1. The van der Waals surface area contributed by atoms with E-state index in [1.807, 2.05) is 13.0 Å². The second-order valence-corrected chi connectivity index (χ2v) is 5.44. The van der Waals surface area contributed by atoms with Gasteiger partial charge in [0.05, 0.1) is 12.1 Å². The van der Waals surface area contributed by atoms with Crippen molar-refractivity contribution in [2.75, 3.05) is 26.2 Å². The molecular weight excluding hydrogens is 253 g/mol. The van der Waals surface area contributed by atoms with Gasteiger partial charge in [-0.05, 0) is 36.6 Å². The first kappa shape index (κ1) is 15.0. The lowest BCUT2D eigenvalue weighted by Gasteiger charge is -2.36. The van der Waals surface area contributed by atoms with Gasteiger partial charge in [-0.15, -0.1) is 0 Å². The van der Waals surface area contributed by atoms with Crippen LogP contribution in [-0.4, -0.2) is 42.0 Å². The highest BCUT2D eigenvalue weighted by Gasteiger charge is 2.22. The van der Waals surface area contributed by atoms with Gasteiger partial charge < -0.3 is 0 Å². The molecule has 0 spiro atoms. The van der Waals surface area contributed by atoms with E-state index in [1.165, 1.54) is 11.6 Å². The topological polar surface area (TPSA) is 30.3 Å². The summed E-state index contributed by atoms with van der Waals surface area (Å²) in [6.45, 7) is 8.69. The van der Waals surface area contributed by atoms with Gasteiger partial charge in [-0.3, -0.25) is 9.80 Å². The molecule has 0 saturated carbocycles.